The lowest BCUT2D eigenvalue weighted by Crippen LogP contribution is -2.40. The molecule has 3 heterocycles. The summed E-state index contributed by atoms with van der Waals surface area (Å²) >= 11 is 0. The molecule has 1 saturated heterocycles. The van der Waals surface area contributed by atoms with Crippen molar-refractivity contribution in [2.75, 3.05) is 18.0 Å². The molecule has 0 unspecified atom stereocenters. The van der Waals surface area contributed by atoms with Crippen LogP contribution in [0.4, 0.5) is 11.5 Å². The molecule has 0 radical (unpaired) electrons. The number of nitro groups is 1. The zero-order chi connectivity index (χ0) is 20.5. The predicted octanol–water partition coefficient (Wildman–Crippen LogP) is 3.27. The second-order valence-corrected chi connectivity index (χ2v) is 7.35. The van der Waals surface area contributed by atoms with Crippen LogP contribution in [0.15, 0.2) is 47.4 Å². The lowest BCUT2D eigenvalue weighted by atomic mass is 10.1. The highest BCUT2D eigenvalue weighted by molar-refractivity contribution is 5.61. The quantitative estimate of drug-likeness (QED) is 0.498. The zero-order valence-electron chi connectivity index (χ0n) is 16.4. The Kier molecular flexibility index (Phi) is 4.92. The summed E-state index contributed by atoms with van der Waals surface area (Å²) in [5.74, 6) is 1.01. The van der Waals surface area contributed by atoms with Gasteiger partial charge in [-0.1, -0.05) is 18.2 Å². The Balaban J connectivity index is 1.58. The van der Waals surface area contributed by atoms with Gasteiger partial charge in [0, 0.05) is 32.1 Å². The van der Waals surface area contributed by atoms with Gasteiger partial charge in [-0.3, -0.25) is 19.3 Å². The first-order valence-corrected chi connectivity index (χ1v) is 9.58. The minimum absolute atomic E-state index is 0.0207. The van der Waals surface area contributed by atoms with Gasteiger partial charge in [-0.25, -0.2) is 4.98 Å². The number of rotatable bonds is 4. The lowest BCUT2D eigenvalue weighted by Gasteiger charge is -2.32. The number of benzene rings is 1. The van der Waals surface area contributed by atoms with E-state index in [4.69, 9.17) is 4.74 Å². The average Bonchev–Trinajstić information content (AvgIpc) is 2.71. The number of piperidine rings is 1. The van der Waals surface area contributed by atoms with Gasteiger partial charge in [-0.15, -0.1) is 0 Å². The van der Waals surface area contributed by atoms with E-state index in [9.17, 15) is 14.9 Å². The Hall–Kier alpha value is -3.42. The van der Waals surface area contributed by atoms with E-state index in [0.29, 0.717) is 31.6 Å². The molecule has 0 N–H and O–H groups in total. The van der Waals surface area contributed by atoms with Crippen LogP contribution in [0.25, 0.3) is 5.65 Å². The normalized spacial score (nSPS) is 14.9. The van der Waals surface area contributed by atoms with Crippen molar-refractivity contribution in [3.8, 4) is 5.75 Å². The van der Waals surface area contributed by atoms with E-state index in [1.165, 1.54) is 10.6 Å². The molecular weight excluding hydrogens is 372 g/mol. The Bertz CT molecular complexity index is 1130. The smallest absolute Gasteiger partial charge is 0.376 e. The highest BCUT2D eigenvalue weighted by Gasteiger charge is 2.31. The van der Waals surface area contributed by atoms with Crippen molar-refractivity contribution in [3.63, 3.8) is 0 Å². The van der Waals surface area contributed by atoms with Gasteiger partial charge in [0.15, 0.2) is 0 Å². The van der Waals surface area contributed by atoms with Crippen LogP contribution in [-0.4, -0.2) is 33.5 Å². The van der Waals surface area contributed by atoms with Crippen molar-refractivity contribution in [2.24, 2.45) is 0 Å². The highest BCUT2D eigenvalue weighted by Crippen LogP contribution is 2.28. The number of aromatic nitrogens is 2. The molecule has 3 aromatic rings. The molecule has 4 rings (SSSR count). The van der Waals surface area contributed by atoms with Crippen LogP contribution in [0.1, 0.15) is 24.0 Å². The van der Waals surface area contributed by atoms with Gasteiger partial charge in [0.05, 0.1) is 4.92 Å². The van der Waals surface area contributed by atoms with E-state index in [1.807, 2.05) is 36.9 Å². The Labute approximate surface area is 167 Å². The van der Waals surface area contributed by atoms with Gasteiger partial charge >= 0.3 is 11.2 Å². The molecule has 1 aliphatic rings. The van der Waals surface area contributed by atoms with Gasteiger partial charge in [-0.05, 0) is 43.2 Å². The summed E-state index contributed by atoms with van der Waals surface area (Å²) in [6, 6.07) is 11.2. The number of pyridine rings is 1. The fraction of sp³-hybridized carbons (Fsp3) is 0.333. The maximum Gasteiger partial charge on any atom is 0.376 e. The summed E-state index contributed by atoms with van der Waals surface area (Å²) in [6.45, 7) is 5.11. The fourth-order valence-corrected chi connectivity index (χ4v) is 3.65. The second-order valence-electron chi connectivity index (χ2n) is 7.35. The van der Waals surface area contributed by atoms with Crippen LogP contribution < -0.4 is 15.2 Å². The number of fused-ring (bicyclic) bond motifs is 1. The van der Waals surface area contributed by atoms with Crippen molar-refractivity contribution in [1.29, 1.82) is 0 Å². The Morgan fingerprint density at radius 3 is 2.66 bits per heavy atom. The average molecular weight is 394 g/mol. The van der Waals surface area contributed by atoms with E-state index in [1.54, 1.807) is 18.2 Å². The SMILES string of the molecule is Cc1ccc(C)c(OC2CCN(c3nc4ccccn4c(=O)c3[N+](=O)[O-])CC2)c1. The summed E-state index contributed by atoms with van der Waals surface area (Å²) in [7, 11) is 0. The molecule has 1 aliphatic heterocycles. The molecule has 0 amide bonds. The number of hydrogen-bond acceptors (Lipinski definition) is 6. The second kappa shape index (κ2) is 7.54. The van der Waals surface area contributed by atoms with E-state index < -0.39 is 16.2 Å². The standard InChI is InChI=1S/C21H22N4O4/c1-14-6-7-15(2)17(13-14)29-16-8-11-23(12-9-16)20-19(25(27)28)21(26)24-10-4-3-5-18(24)22-20/h3-7,10,13,16H,8-9,11-12H2,1-2H3. The molecule has 0 atom stereocenters. The molecule has 1 aromatic carbocycles. The van der Waals surface area contributed by atoms with Crippen molar-refractivity contribution in [3.05, 3.63) is 74.2 Å². The molecule has 0 aliphatic carbocycles. The van der Waals surface area contributed by atoms with E-state index in [0.717, 1.165) is 16.9 Å². The van der Waals surface area contributed by atoms with Crippen molar-refractivity contribution in [2.45, 2.75) is 32.8 Å². The lowest BCUT2D eigenvalue weighted by molar-refractivity contribution is -0.385. The Morgan fingerprint density at radius 2 is 1.93 bits per heavy atom. The molecule has 150 valence electrons. The largest absolute Gasteiger partial charge is 0.490 e. The summed E-state index contributed by atoms with van der Waals surface area (Å²) < 4.78 is 7.38. The van der Waals surface area contributed by atoms with Crippen LogP contribution in [0.3, 0.4) is 0 Å². The minimum atomic E-state index is -0.663. The third-order valence-corrected chi connectivity index (χ3v) is 5.25. The van der Waals surface area contributed by atoms with Gasteiger partial charge in [0.1, 0.15) is 17.5 Å². The molecule has 29 heavy (non-hydrogen) atoms. The summed E-state index contributed by atoms with van der Waals surface area (Å²) in [5.41, 5.74) is 1.47. The minimum Gasteiger partial charge on any atom is -0.490 e. The van der Waals surface area contributed by atoms with Gasteiger partial charge in [0.25, 0.3) is 0 Å². The maximum atomic E-state index is 12.6. The third-order valence-electron chi connectivity index (χ3n) is 5.25. The molecule has 8 nitrogen and oxygen atoms in total. The van der Waals surface area contributed by atoms with Crippen LogP contribution in [0.2, 0.25) is 0 Å². The third kappa shape index (κ3) is 3.65. The van der Waals surface area contributed by atoms with Crippen molar-refractivity contribution >= 4 is 17.2 Å². The van der Waals surface area contributed by atoms with E-state index in [-0.39, 0.29) is 11.9 Å². The van der Waals surface area contributed by atoms with Crippen LogP contribution in [0, 0.1) is 24.0 Å². The molecule has 0 spiro atoms. The van der Waals surface area contributed by atoms with E-state index >= 15 is 0 Å². The molecular formula is C21H22N4O4. The van der Waals surface area contributed by atoms with Crippen LogP contribution in [-0.2, 0) is 0 Å². The first kappa shape index (κ1) is 18.9. The summed E-state index contributed by atoms with van der Waals surface area (Å²) in [4.78, 5) is 29.8. The first-order chi connectivity index (χ1) is 13.9. The Morgan fingerprint density at radius 1 is 1.17 bits per heavy atom. The number of hydrogen-bond donors (Lipinski definition) is 0. The summed E-state index contributed by atoms with van der Waals surface area (Å²) in [5, 5.41) is 11.6. The summed E-state index contributed by atoms with van der Waals surface area (Å²) in [6.07, 6.45) is 2.90. The predicted molar refractivity (Wildman–Crippen MR) is 110 cm³/mol. The maximum absolute atomic E-state index is 12.6. The molecule has 0 bridgehead atoms. The number of nitrogens with zero attached hydrogens (tertiary/aromatic N) is 4. The molecule has 0 saturated carbocycles. The van der Waals surface area contributed by atoms with Crippen LogP contribution in [0.5, 0.6) is 5.75 Å². The van der Waals surface area contributed by atoms with Gasteiger partial charge in [-0.2, -0.15) is 0 Å². The topological polar surface area (TPSA) is 90.0 Å². The first-order valence-electron chi connectivity index (χ1n) is 9.58. The number of anilines is 1. The van der Waals surface area contributed by atoms with Crippen molar-refractivity contribution in [1.82, 2.24) is 9.38 Å². The highest BCUT2D eigenvalue weighted by atomic mass is 16.6. The van der Waals surface area contributed by atoms with Crippen LogP contribution >= 0.6 is 0 Å². The fourth-order valence-electron chi connectivity index (χ4n) is 3.65. The van der Waals surface area contributed by atoms with Crippen molar-refractivity contribution < 1.29 is 9.66 Å². The molecule has 1 fully saturated rings. The number of aryl methyl sites for hydroxylation is 2. The monoisotopic (exact) mass is 394 g/mol. The number of ether oxygens (including phenoxy) is 1. The van der Waals surface area contributed by atoms with Gasteiger partial charge < -0.3 is 9.64 Å². The zero-order valence-corrected chi connectivity index (χ0v) is 16.4. The molecule has 8 heteroatoms. The van der Waals surface area contributed by atoms with Gasteiger partial charge in [0.2, 0.25) is 5.82 Å². The van der Waals surface area contributed by atoms with E-state index in [2.05, 4.69) is 4.98 Å². The molecule has 2 aromatic heterocycles.